The number of halogens is 8. The van der Waals surface area contributed by atoms with Crippen LogP contribution in [0.15, 0.2) is 34.3 Å². The van der Waals surface area contributed by atoms with Gasteiger partial charge in [0.2, 0.25) is 13.8 Å². The van der Waals surface area contributed by atoms with Crippen molar-refractivity contribution in [1.29, 1.82) is 0 Å². The minimum Gasteiger partial charge on any atom is -0.383 e. The topological polar surface area (TPSA) is 40.0 Å². The first-order valence-electron chi connectivity index (χ1n) is 6.70. The number of para-hydroxylation sites is 1. The molecule has 1 N–H and O–H groups in total. The standard InChI is InChI=1S/C13H10Cl7FN4/c14-5-6-22-8-4-2-1-3-7(8)9-23-10(12(15,16)17)24-11(25(9)21)13(18,19)20/h1-4,11,22H,5-6H2. The van der Waals surface area contributed by atoms with Crippen LogP contribution in [0.25, 0.3) is 0 Å². The number of hydrogen-bond acceptors (Lipinski definition) is 4. The minimum atomic E-state index is -2.13. The van der Waals surface area contributed by atoms with Crippen LogP contribution in [0.4, 0.5) is 10.2 Å². The van der Waals surface area contributed by atoms with E-state index in [4.69, 9.17) is 81.2 Å². The number of amidine groups is 2. The lowest BCUT2D eigenvalue weighted by Gasteiger charge is -2.33. The molecule has 0 aromatic heterocycles. The van der Waals surface area contributed by atoms with Crippen molar-refractivity contribution in [2.24, 2.45) is 9.98 Å². The van der Waals surface area contributed by atoms with Crippen LogP contribution in [-0.4, -0.2) is 43.0 Å². The summed E-state index contributed by atoms with van der Waals surface area (Å²) in [5.41, 5.74) is 0.911. The summed E-state index contributed by atoms with van der Waals surface area (Å²) in [5, 5.41) is 3.16. The predicted octanol–water partition coefficient (Wildman–Crippen LogP) is 5.75. The molecule has 1 unspecified atom stereocenters. The molecule has 0 spiro atoms. The Balaban J connectivity index is 2.56. The summed E-state index contributed by atoms with van der Waals surface area (Å²) in [4.78, 5) is 7.83. The van der Waals surface area contributed by atoms with Crippen LogP contribution < -0.4 is 5.32 Å². The molecule has 1 aliphatic rings. The van der Waals surface area contributed by atoms with E-state index in [-0.39, 0.29) is 16.8 Å². The smallest absolute Gasteiger partial charge is 0.249 e. The molecule has 1 heterocycles. The first kappa shape index (κ1) is 21.4. The van der Waals surface area contributed by atoms with Gasteiger partial charge in [0.05, 0.1) is 0 Å². The SMILES string of the molecule is FN1C(c2ccccc2NCCCl)=NC(C(Cl)(Cl)Cl)=NC1C(Cl)(Cl)Cl. The zero-order chi connectivity index (χ0) is 18.8. The highest BCUT2D eigenvalue weighted by molar-refractivity contribution is 6.77. The fraction of sp³-hybridized carbons (Fsp3) is 0.385. The van der Waals surface area contributed by atoms with Crippen molar-refractivity contribution in [3.63, 3.8) is 0 Å². The summed E-state index contributed by atoms with van der Waals surface area (Å²) >= 11 is 40.7. The molecule has 0 aliphatic carbocycles. The van der Waals surface area contributed by atoms with Gasteiger partial charge in [-0.3, -0.25) is 0 Å². The Morgan fingerprint density at radius 1 is 1.12 bits per heavy atom. The van der Waals surface area contributed by atoms with Gasteiger partial charge in [0.25, 0.3) is 0 Å². The number of hydrogen-bond donors (Lipinski definition) is 1. The third kappa shape index (κ3) is 5.32. The number of alkyl halides is 7. The first-order chi connectivity index (χ1) is 11.6. The molecule has 2 rings (SSSR count). The van der Waals surface area contributed by atoms with Crippen LogP contribution in [-0.2, 0) is 0 Å². The van der Waals surface area contributed by atoms with E-state index < -0.39 is 13.8 Å². The lowest BCUT2D eigenvalue weighted by Crippen LogP contribution is -2.46. The van der Waals surface area contributed by atoms with Gasteiger partial charge in [0.1, 0.15) is 0 Å². The van der Waals surface area contributed by atoms with Gasteiger partial charge in [0, 0.05) is 23.7 Å². The number of nitrogens with zero attached hydrogens (tertiary/aromatic N) is 3. The third-order valence-electron chi connectivity index (χ3n) is 3.00. The lowest BCUT2D eigenvalue weighted by atomic mass is 10.1. The Morgan fingerprint density at radius 3 is 2.32 bits per heavy atom. The van der Waals surface area contributed by atoms with Gasteiger partial charge >= 0.3 is 0 Å². The highest BCUT2D eigenvalue weighted by Gasteiger charge is 2.45. The van der Waals surface area contributed by atoms with E-state index >= 15 is 0 Å². The molecule has 1 aromatic rings. The summed E-state index contributed by atoms with van der Waals surface area (Å²) in [6, 6.07) is 6.76. The molecule has 1 aliphatic heterocycles. The largest absolute Gasteiger partial charge is 0.383 e. The Kier molecular flexibility index (Phi) is 7.22. The molecule has 0 radical (unpaired) electrons. The quantitative estimate of drug-likeness (QED) is 0.432. The Labute approximate surface area is 178 Å². The van der Waals surface area contributed by atoms with Gasteiger partial charge in [-0.15, -0.1) is 11.6 Å². The third-order valence-corrected chi connectivity index (χ3v) is 4.28. The van der Waals surface area contributed by atoms with Crippen LogP contribution in [0.1, 0.15) is 5.56 Å². The van der Waals surface area contributed by atoms with Crippen molar-refractivity contribution < 1.29 is 4.48 Å². The van der Waals surface area contributed by atoms with Gasteiger partial charge in [-0.1, -0.05) is 86.2 Å². The zero-order valence-electron chi connectivity index (χ0n) is 12.2. The van der Waals surface area contributed by atoms with E-state index in [0.717, 1.165) is 0 Å². The lowest BCUT2D eigenvalue weighted by molar-refractivity contribution is 0.0700. The summed E-state index contributed by atoms with van der Waals surface area (Å²) in [7, 11) is 0. The van der Waals surface area contributed by atoms with Crippen molar-refractivity contribution in [3.05, 3.63) is 29.8 Å². The van der Waals surface area contributed by atoms with Gasteiger partial charge < -0.3 is 5.32 Å². The van der Waals surface area contributed by atoms with Crippen LogP contribution in [0.3, 0.4) is 0 Å². The molecule has 12 heteroatoms. The average molecular weight is 489 g/mol. The molecular formula is C13H10Cl7FN4. The van der Waals surface area contributed by atoms with E-state index in [1.165, 1.54) is 0 Å². The van der Waals surface area contributed by atoms with Crippen molar-refractivity contribution in [2.45, 2.75) is 13.8 Å². The Hall–Kier alpha value is 0.120. The normalized spacial score (nSPS) is 18.7. The van der Waals surface area contributed by atoms with E-state index in [0.29, 0.717) is 23.7 Å². The van der Waals surface area contributed by atoms with E-state index in [2.05, 4.69) is 15.3 Å². The molecule has 0 fully saturated rings. The second kappa shape index (κ2) is 8.42. The number of anilines is 1. The van der Waals surface area contributed by atoms with E-state index in [1.807, 2.05) is 0 Å². The zero-order valence-corrected chi connectivity index (χ0v) is 17.5. The Morgan fingerprint density at radius 2 is 1.76 bits per heavy atom. The number of benzene rings is 1. The summed E-state index contributed by atoms with van der Waals surface area (Å²) in [6.07, 6.45) is -1.59. The second-order valence-corrected chi connectivity index (χ2v) is 9.80. The predicted molar refractivity (Wildman–Crippen MR) is 107 cm³/mol. The van der Waals surface area contributed by atoms with Crippen LogP contribution in [0.5, 0.6) is 0 Å². The molecule has 0 saturated carbocycles. The molecule has 0 saturated heterocycles. The summed E-state index contributed by atoms with van der Waals surface area (Å²) in [5.74, 6) is -0.173. The van der Waals surface area contributed by atoms with Gasteiger partial charge in [-0.25, -0.2) is 9.98 Å². The molecule has 138 valence electrons. The van der Waals surface area contributed by atoms with Gasteiger partial charge in [-0.05, 0) is 12.1 Å². The molecule has 0 bridgehead atoms. The summed E-state index contributed by atoms with van der Waals surface area (Å²) in [6.45, 7) is 0.442. The highest BCUT2D eigenvalue weighted by atomic mass is 35.6. The van der Waals surface area contributed by atoms with Crippen LogP contribution >= 0.6 is 81.2 Å². The number of nitrogens with one attached hydrogen (secondary N) is 1. The molecular weight excluding hydrogens is 479 g/mol. The molecule has 25 heavy (non-hydrogen) atoms. The molecule has 1 atom stereocenters. The average Bonchev–Trinajstić information content (AvgIpc) is 2.51. The molecule has 4 nitrogen and oxygen atoms in total. The maximum absolute atomic E-state index is 14.9. The van der Waals surface area contributed by atoms with Crippen molar-refractivity contribution in [3.8, 4) is 0 Å². The van der Waals surface area contributed by atoms with Crippen molar-refractivity contribution in [1.82, 2.24) is 5.12 Å². The van der Waals surface area contributed by atoms with E-state index in [9.17, 15) is 4.48 Å². The second-order valence-electron chi connectivity index (χ2n) is 4.77. The minimum absolute atomic E-state index is 0.119. The van der Waals surface area contributed by atoms with Gasteiger partial charge in [-0.2, -0.15) is 5.12 Å². The van der Waals surface area contributed by atoms with Gasteiger partial charge in [0.15, 0.2) is 11.7 Å². The number of aliphatic imine (C=N–C) groups is 2. The van der Waals surface area contributed by atoms with E-state index in [1.54, 1.807) is 24.3 Å². The first-order valence-corrected chi connectivity index (χ1v) is 9.50. The summed E-state index contributed by atoms with van der Waals surface area (Å²) < 4.78 is 10.8. The van der Waals surface area contributed by atoms with Crippen molar-refractivity contribution >= 4 is 98.6 Å². The van der Waals surface area contributed by atoms with Crippen LogP contribution in [0.2, 0.25) is 0 Å². The van der Waals surface area contributed by atoms with Crippen molar-refractivity contribution in [2.75, 3.05) is 17.7 Å². The maximum atomic E-state index is 14.9. The number of rotatable bonds is 4. The monoisotopic (exact) mass is 486 g/mol. The Bertz CT molecular complexity index is 684. The molecule has 0 amide bonds. The fourth-order valence-electron chi connectivity index (χ4n) is 1.99. The molecule has 1 aromatic carbocycles. The highest BCUT2D eigenvalue weighted by Crippen LogP contribution is 2.40. The fourth-order valence-corrected chi connectivity index (χ4v) is 2.76. The maximum Gasteiger partial charge on any atom is 0.249 e. The van der Waals surface area contributed by atoms with Crippen LogP contribution in [0, 0.1) is 0 Å².